The van der Waals surface area contributed by atoms with Crippen LogP contribution in [0.15, 0.2) is 146 Å². The van der Waals surface area contributed by atoms with E-state index in [1.165, 1.54) is 13.8 Å². The fourth-order valence-corrected chi connectivity index (χ4v) is 10.2. The van der Waals surface area contributed by atoms with Crippen molar-refractivity contribution in [3.8, 4) is 56.4 Å². The molecule has 10 rings (SSSR count). The second kappa shape index (κ2) is 26.4. The summed E-state index contributed by atoms with van der Waals surface area (Å²) in [4.78, 5) is 77.7. The summed E-state index contributed by atoms with van der Waals surface area (Å²) in [6, 6.07) is 46.3. The molecule has 2 aromatic heterocycles. The van der Waals surface area contributed by atoms with E-state index in [1.807, 2.05) is 168 Å². The Hall–Kier alpha value is -8.86. The number of nitrogens with two attached hydrogens (primary N) is 2. The van der Waals surface area contributed by atoms with Crippen LogP contribution < -0.4 is 25.9 Å². The Kier molecular flexibility index (Phi) is 19.0. The van der Waals surface area contributed by atoms with Crippen LogP contribution in [0.4, 0.5) is 11.4 Å². The van der Waals surface area contributed by atoms with Gasteiger partial charge in [-0.2, -0.15) is 0 Å². The highest BCUT2D eigenvalue weighted by molar-refractivity contribution is 6.01. The lowest BCUT2D eigenvalue weighted by Gasteiger charge is -2.29. The quantitative estimate of drug-likeness (QED) is 0.0686. The van der Waals surface area contributed by atoms with Crippen LogP contribution in [0.2, 0.25) is 0 Å². The number of anilines is 2. The third-order valence-electron chi connectivity index (χ3n) is 14.9. The molecule has 8 aromatic rings. The fourth-order valence-electron chi connectivity index (χ4n) is 10.2. The fraction of sp³-hybridized carbons (Fsp3) is 0.292. The maximum Gasteiger partial charge on any atom is 0.259 e. The van der Waals surface area contributed by atoms with Crippen LogP contribution in [-0.4, -0.2) is 72.3 Å². The van der Waals surface area contributed by atoms with Crippen LogP contribution in [0.1, 0.15) is 109 Å². The van der Waals surface area contributed by atoms with E-state index in [0.717, 1.165) is 90.0 Å². The first-order valence-electron chi connectivity index (χ1n) is 27.4. The number of ketones is 4. The number of benzene rings is 6. The number of amides is 2. The SMILES string of the molecule is C.CCC(=O)CCCC(=O)N1Cc2ccccc2-c2c(n[nH][n+]2-c2ccc(CC(N)C(C)=O)cc2)-c2ccccc21.CCC(=O)CCCC(=O)N1Cc2ccccc2-c2nnn(-c3ccc(CC(N)C(C)=O)cc3)c2-c2ccccc21. The molecule has 2 aliphatic rings. The van der Waals surface area contributed by atoms with E-state index >= 15 is 0 Å². The van der Waals surface area contributed by atoms with Crippen LogP contribution >= 0.6 is 0 Å². The van der Waals surface area contributed by atoms with Crippen LogP contribution in [0.25, 0.3) is 56.4 Å². The number of Topliss-reactive ketones (excluding diaryl/α,β-unsaturated/α-hetero) is 4. The number of nitrogens with one attached hydrogen (secondary N) is 1. The molecule has 16 nitrogen and oxygen atoms in total. The largest absolute Gasteiger partial charge is 0.321 e. The zero-order chi connectivity index (χ0) is 56.5. The van der Waals surface area contributed by atoms with Crippen LogP contribution in [0, 0.1) is 0 Å². The summed E-state index contributed by atoms with van der Waals surface area (Å²) in [6.45, 7) is 7.50. The normalized spacial score (nSPS) is 12.8. The number of hydrogen-bond acceptors (Lipinski definition) is 11. The minimum atomic E-state index is -0.538. The number of aromatic amines is 1. The molecular formula is C65H71N10O6+. The van der Waals surface area contributed by atoms with Crippen molar-refractivity contribution in [1.82, 2.24) is 25.3 Å². The lowest BCUT2D eigenvalue weighted by molar-refractivity contribution is -0.648. The van der Waals surface area contributed by atoms with Gasteiger partial charge in [0.1, 0.15) is 34.5 Å². The van der Waals surface area contributed by atoms with Crippen molar-refractivity contribution in [2.75, 3.05) is 9.80 Å². The molecule has 0 saturated heterocycles. The van der Waals surface area contributed by atoms with Gasteiger partial charge in [-0.1, -0.05) is 135 Å². The highest BCUT2D eigenvalue weighted by atomic mass is 16.2. The number of carbonyl (C=O) groups excluding carboxylic acids is 6. The molecule has 2 aliphatic heterocycles. The predicted octanol–water partition coefficient (Wildman–Crippen LogP) is 10.2. The summed E-state index contributed by atoms with van der Waals surface area (Å²) in [5.74, 6) is 0.211. The molecule has 2 amide bonds. The summed E-state index contributed by atoms with van der Waals surface area (Å²) in [7, 11) is 0. The highest BCUT2D eigenvalue weighted by Crippen LogP contribution is 2.43. The smallest absolute Gasteiger partial charge is 0.259 e. The molecule has 0 saturated carbocycles. The molecule has 0 fully saturated rings. The third kappa shape index (κ3) is 13.1. The molecule has 4 heterocycles. The van der Waals surface area contributed by atoms with Gasteiger partial charge in [-0.15, -0.1) is 9.78 Å². The molecule has 0 aliphatic carbocycles. The Labute approximate surface area is 473 Å². The molecule has 16 heteroatoms. The summed E-state index contributed by atoms with van der Waals surface area (Å²) < 4.78 is 3.75. The van der Waals surface area contributed by atoms with Crippen molar-refractivity contribution in [3.05, 3.63) is 168 Å². The Morgan fingerprint density at radius 2 is 1.01 bits per heavy atom. The number of rotatable bonds is 18. The number of H-pyrrole nitrogens is 1. The average molecular weight is 1090 g/mol. The second-order valence-corrected chi connectivity index (χ2v) is 20.4. The number of carbonyl (C=O) groups is 6. The van der Waals surface area contributed by atoms with Crippen LogP contribution in [0.3, 0.4) is 0 Å². The molecule has 0 spiro atoms. The van der Waals surface area contributed by atoms with Crippen molar-refractivity contribution < 1.29 is 33.4 Å². The van der Waals surface area contributed by atoms with Gasteiger partial charge >= 0.3 is 0 Å². The first-order chi connectivity index (χ1) is 38.7. The Bertz CT molecular complexity index is 3580. The van der Waals surface area contributed by atoms with Gasteiger partial charge in [0.25, 0.3) is 5.69 Å². The number of aromatic nitrogens is 6. The molecule has 6 aromatic carbocycles. The maximum atomic E-state index is 13.6. The zero-order valence-corrected chi connectivity index (χ0v) is 45.7. The van der Waals surface area contributed by atoms with Gasteiger partial charge in [-0.3, -0.25) is 28.8 Å². The van der Waals surface area contributed by atoms with Gasteiger partial charge in [-0.25, -0.2) is 4.68 Å². The van der Waals surface area contributed by atoms with Gasteiger partial charge in [0, 0.05) is 60.3 Å². The topological polar surface area (TPSA) is 224 Å². The monoisotopic (exact) mass is 1090 g/mol. The van der Waals surface area contributed by atoms with E-state index < -0.39 is 12.1 Å². The summed E-state index contributed by atoms with van der Waals surface area (Å²) >= 11 is 0. The zero-order valence-electron chi connectivity index (χ0n) is 45.7. The Morgan fingerprint density at radius 1 is 0.556 bits per heavy atom. The number of para-hydroxylation sites is 2. The van der Waals surface area contributed by atoms with Gasteiger partial charge in [0.05, 0.1) is 47.8 Å². The molecule has 2 unspecified atom stereocenters. The first-order valence-corrected chi connectivity index (χ1v) is 27.4. The van der Waals surface area contributed by atoms with Crippen molar-refractivity contribution in [2.45, 2.75) is 125 Å². The number of hydrogen-bond donors (Lipinski definition) is 3. The third-order valence-corrected chi connectivity index (χ3v) is 14.9. The van der Waals surface area contributed by atoms with E-state index in [1.54, 1.807) is 4.68 Å². The molecule has 5 N–H and O–H groups in total. The highest BCUT2D eigenvalue weighted by Gasteiger charge is 2.35. The molecule has 416 valence electrons. The lowest BCUT2D eigenvalue weighted by atomic mass is 9.95. The van der Waals surface area contributed by atoms with Crippen molar-refractivity contribution in [3.63, 3.8) is 0 Å². The molecule has 81 heavy (non-hydrogen) atoms. The Balaban J connectivity index is 0.000000210. The Morgan fingerprint density at radius 3 is 1.54 bits per heavy atom. The van der Waals surface area contributed by atoms with Gasteiger partial charge in [-0.05, 0) is 104 Å². The maximum absolute atomic E-state index is 13.6. The molecule has 0 bridgehead atoms. The van der Waals surface area contributed by atoms with E-state index in [9.17, 15) is 28.8 Å². The van der Waals surface area contributed by atoms with Crippen LogP contribution in [-0.2, 0) is 54.7 Å². The van der Waals surface area contributed by atoms with E-state index in [0.29, 0.717) is 70.9 Å². The van der Waals surface area contributed by atoms with Crippen LogP contribution in [0.5, 0.6) is 0 Å². The van der Waals surface area contributed by atoms with E-state index in [4.69, 9.17) is 16.6 Å². The summed E-state index contributed by atoms with van der Waals surface area (Å²) in [5, 5.41) is 17.1. The van der Waals surface area contributed by atoms with E-state index in [2.05, 4.69) is 21.6 Å². The predicted molar refractivity (Wildman–Crippen MR) is 315 cm³/mol. The second-order valence-electron chi connectivity index (χ2n) is 20.4. The van der Waals surface area contributed by atoms with Gasteiger partial charge < -0.3 is 21.3 Å². The minimum absolute atomic E-state index is 0. The van der Waals surface area contributed by atoms with Gasteiger partial charge in [0.2, 0.25) is 17.5 Å². The molecule has 2 atom stereocenters. The van der Waals surface area contributed by atoms with Crippen molar-refractivity contribution >= 4 is 46.3 Å². The minimum Gasteiger partial charge on any atom is -0.321 e. The van der Waals surface area contributed by atoms with Gasteiger partial charge in [0.15, 0.2) is 5.69 Å². The lowest BCUT2D eigenvalue weighted by Crippen LogP contribution is -2.36. The van der Waals surface area contributed by atoms with Crippen molar-refractivity contribution in [1.29, 1.82) is 0 Å². The van der Waals surface area contributed by atoms with Crippen molar-refractivity contribution in [2.24, 2.45) is 11.5 Å². The summed E-state index contributed by atoms with van der Waals surface area (Å²) in [6.07, 6.45) is 4.38. The molecule has 0 radical (unpaired) electrons. The standard InChI is InChI=1S/2C32H33N5O3.CH4/c1-3-25(39)10-8-14-30(40)36-20-23-9-4-5-11-26(23)32-31(27-12-6-7-13-29(27)36)34-35-37(32)24-17-15-22(16-18-24)19-28(33)21(2)38;1-3-25(39)10-8-14-30(40)36-20-23-9-4-5-11-26(23)31-32(27-12-6-7-13-29(27)36)37(35-34-31)24-17-15-22(16-18-24)19-28(33)21(2)38;/h2*4-7,9,11-13,15-18,28H,3,8,10,14,19-20,33H2,1-2H3;1H4/p+1. The van der Waals surface area contributed by atoms with E-state index in [-0.39, 0.29) is 48.8 Å². The average Bonchev–Trinajstić information content (AvgIpc) is 4.34. The number of fused-ring (bicyclic) bond motifs is 10. The summed E-state index contributed by atoms with van der Waals surface area (Å²) in [5.41, 5.74) is 25.8. The molecular weight excluding hydrogens is 1020 g/mol. The first kappa shape index (κ1) is 58.3. The number of nitrogens with zero attached hydrogens (tertiary/aromatic N) is 7.